The maximum absolute atomic E-state index is 13.2. The molecule has 0 aliphatic carbocycles. The third kappa shape index (κ3) is 5.06. The summed E-state index contributed by atoms with van der Waals surface area (Å²) in [4.78, 5) is 14.5. The lowest BCUT2D eigenvalue weighted by Gasteiger charge is -2.28. The van der Waals surface area contributed by atoms with Crippen LogP contribution in [0.3, 0.4) is 0 Å². The predicted molar refractivity (Wildman–Crippen MR) is 90.0 cm³/mol. The fourth-order valence-corrected chi connectivity index (χ4v) is 3.18. The predicted octanol–water partition coefficient (Wildman–Crippen LogP) is 1.55. The highest BCUT2D eigenvalue weighted by Crippen LogP contribution is 2.24. The number of hydrogen-bond donors (Lipinski definition) is 1. The fraction of sp³-hybridized carbons (Fsp3) is 0.529. The molecule has 1 aliphatic rings. The molecule has 1 saturated heterocycles. The van der Waals surface area contributed by atoms with E-state index in [1.807, 2.05) is 12.1 Å². The monoisotopic (exact) mass is 346 g/mol. The van der Waals surface area contributed by atoms with Gasteiger partial charge in [-0.3, -0.25) is 9.69 Å². The molecule has 1 aromatic carbocycles. The van der Waals surface area contributed by atoms with Gasteiger partial charge in [-0.2, -0.15) is 0 Å². The molecule has 1 fully saturated rings. The van der Waals surface area contributed by atoms with E-state index < -0.39 is 0 Å². The Morgan fingerprint density at radius 1 is 1.24 bits per heavy atom. The average molecular weight is 346 g/mol. The van der Waals surface area contributed by atoms with Gasteiger partial charge < -0.3 is 5.32 Å². The first-order valence-electron chi connectivity index (χ1n) is 8.69. The standard InChI is InChI=1S/C17H23FN6O/c18-15-7-5-14(6-8-15)16(23-9-1-2-10-23)12-19-17(25)4-3-11-24-13-20-21-22-24/h5-8,13,16H,1-4,9-12H2,(H,19,25). The number of rotatable bonds is 8. The zero-order chi connectivity index (χ0) is 17.5. The largest absolute Gasteiger partial charge is 0.354 e. The number of halogens is 1. The van der Waals surface area contributed by atoms with Gasteiger partial charge in [-0.25, -0.2) is 9.07 Å². The topological polar surface area (TPSA) is 75.9 Å². The molecule has 0 saturated carbocycles. The number of hydrogen-bond acceptors (Lipinski definition) is 5. The summed E-state index contributed by atoms with van der Waals surface area (Å²) in [6.07, 6.45) is 4.98. The van der Waals surface area contributed by atoms with Crippen LogP contribution in [-0.2, 0) is 11.3 Å². The molecule has 1 aromatic heterocycles. The van der Waals surface area contributed by atoms with Crippen LogP contribution >= 0.6 is 0 Å². The first kappa shape index (κ1) is 17.5. The maximum Gasteiger partial charge on any atom is 0.220 e. The fourth-order valence-electron chi connectivity index (χ4n) is 3.18. The van der Waals surface area contributed by atoms with Crippen molar-refractivity contribution in [1.29, 1.82) is 0 Å². The number of aryl methyl sites for hydroxylation is 1. The minimum absolute atomic E-state index is 0.0133. The van der Waals surface area contributed by atoms with Crippen molar-refractivity contribution in [3.8, 4) is 0 Å². The number of carbonyl (C=O) groups is 1. The molecule has 1 N–H and O–H groups in total. The van der Waals surface area contributed by atoms with Crippen molar-refractivity contribution in [2.45, 2.75) is 38.3 Å². The molecule has 1 amide bonds. The van der Waals surface area contributed by atoms with Crippen LogP contribution in [0.25, 0.3) is 0 Å². The smallest absolute Gasteiger partial charge is 0.220 e. The summed E-state index contributed by atoms with van der Waals surface area (Å²) >= 11 is 0. The van der Waals surface area contributed by atoms with Crippen LogP contribution in [0.5, 0.6) is 0 Å². The number of amides is 1. The number of aromatic nitrogens is 4. The molecule has 1 aliphatic heterocycles. The zero-order valence-corrected chi connectivity index (χ0v) is 14.1. The van der Waals surface area contributed by atoms with Crippen molar-refractivity contribution in [1.82, 2.24) is 30.4 Å². The lowest BCUT2D eigenvalue weighted by atomic mass is 10.1. The van der Waals surface area contributed by atoms with Crippen LogP contribution in [0, 0.1) is 5.82 Å². The Morgan fingerprint density at radius 2 is 2.00 bits per heavy atom. The second kappa shape index (κ2) is 8.66. The van der Waals surface area contributed by atoms with Gasteiger partial charge in [0.15, 0.2) is 0 Å². The molecule has 7 nitrogen and oxygen atoms in total. The molecule has 3 rings (SSSR count). The van der Waals surface area contributed by atoms with Crippen LogP contribution in [0.15, 0.2) is 30.6 Å². The summed E-state index contributed by atoms with van der Waals surface area (Å²) in [6, 6.07) is 6.66. The van der Waals surface area contributed by atoms with E-state index in [4.69, 9.17) is 0 Å². The van der Waals surface area contributed by atoms with Gasteiger partial charge in [0.2, 0.25) is 5.91 Å². The number of tetrazole rings is 1. The molecule has 25 heavy (non-hydrogen) atoms. The average Bonchev–Trinajstić information content (AvgIpc) is 3.30. The molecule has 8 heteroatoms. The third-order valence-corrected chi connectivity index (χ3v) is 4.51. The Balaban J connectivity index is 1.51. The van der Waals surface area contributed by atoms with Gasteiger partial charge in [0, 0.05) is 19.5 Å². The Morgan fingerprint density at radius 3 is 2.68 bits per heavy atom. The van der Waals surface area contributed by atoms with Crippen molar-refractivity contribution in [2.24, 2.45) is 0 Å². The van der Waals surface area contributed by atoms with E-state index in [-0.39, 0.29) is 17.8 Å². The normalized spacial score (nSPS) is 16.0. The van der Waals surface area contributed by atoms with Gasteiger partial charge in [-0.1, -0.05) is 12.1 Å². The molecule has 1 unspecified atom stereocenters. The van der Waals surface area contributed by atoms with Gasteiger partial charge >= 0.3 is 0 Å². The van der Waals surface area contributed by atoms with Gasteiger partial charge in [0.25, 0.3) is 0 Å². The maximum atomic E-state index is 13.2. The Labute approximate surface area is 146 Å². The Kier molecular flexibility index (Phi) is 6.05. The molecule has 0 spiro atoms. The summed E-state index contributed by atoms with van der Waals surface area (Å²) in [5.41, 5.74) is 1.04. The first-order valence-corrected chi connectivity index (χ1v) is 8.69. The highest BCUT2D eigenvalue weighted by molar-refractivity contribution is 5.75. The minimum Gasteiger partial charge on any atom is -0.354 e. The van der Waals surface area contributed by atoms with E-state index in [1.165, 1.54) is 18.5 Å². The van der Waals surface area contributed by atoms with Gasteiger partial charge in [0.1, 0.15) is 12.1 Å². The molecular formula is C17H23FN6O. The van der Waals surface area contributed by atoms with Gasteiger partial charge in [0.05, 0.1) is 6.04 Å². The molecule has 0 radical (unpaired) electrons. The zero-order valence-electron chi connectivity index (χ0n) is 14.1. The second-order valence-corrected chi connectivity index (χ2v) is 6.29. The lowest BCUT2D eigenvalue weighted by molar-refractivity contribution is -0.121. The van der Waals surface area contributed by atoms with Crippen LogP contribution in [0.4, 0.5) is 4.39 Å². The van der Waals surface area contributed by atoms with Crippen molar-refractivity contribution in [2.75, 3.05) is 19.6 Å². The first-order chi connectivity index (χ1) is 12.2. The van der Waals surface area contributed by atoms with Crippen molar-refractivity contribution < 1.29 is 9.18 Å². The molecule has 0 bridgehead atoms. The van der Waals surface area contributed by atoms with Crippen molar-refractivity contribution in [3.05, 3.63) is 42.0 Å². The highest BCUT2D eigenvalue weighted by Gasteiger charge is 2.23. The van der Waals surface area contributed by atoms with E-state index >= 15 is 0 Å². The lowest BCUT2D eigenvalue weighted by Crippen LogP contribution is -2.36. The van der Waals surface area contributed by atoms with Crippen LogP contribution in [0.2, 0.25) is 0 Å². The van der Waals surface area contributed by atoms with Crippen LogP contribution < -0.4 is 5.32 Å². The summed E-state index contributed by atoms with van der Waals surface area (Å²) in [5.74, 6) is -0.227. The number of likely N-dealkylation sites (tertiary alicyclic amines) is 1. The quantitative estimate of drug-likeness (QED) is 0.785. The van der Waals surface area contributed by atoms with E-state index in [9.17, 15) is 9.18 Å². The molecular weight excluding hydrogens is 323 g/mol. The summed E-state index contributed by atoms with van der Waals surface area (Å²) in [5, 5.41) is 13.9. The number of carbonyl (C=O) groups excluding carboxylic acids is 1. The van der Waals surface area contributed by atoms with Gasteiger partial charge in [-0.15, -0.1) is 5.10 Å². The van der Waals surface area contributed by atoms with E-state index in [1.54, 1.807) is 4.68 Å². The molecule has 1 atom stereocenters. The molecule has 2 aromatic rings. The van der Waals surface area contributed by atoms with Crippen molar-refractivity contribution >= 4 is 5.91 Å². The van der Waals surface area contributed by atoms with Crippen LogP contribution in [0.1, 0.15) is 37.3 Å². The molecule has 134 valence electrons. The van der Waals surface area contributed by atoms with E-state index in [0.29, 0.717) is 25.9 Å². The third-order valence-electron chi connectivity index (χ3n) is 4.51. The molecule has 2 heterocycles. The van der Waals surface area contributed by atoms with Crippen LogP contribution in [-0.4, -0.2) is 50.6 Å². The second-order valence-electron chi connectivity index (χ2n) is 6.29. The summed E-state index contributed by atoms with van der Waals surface area (Å²) < 4.78 is 14.8. The Bertz CT molecular complexity index is 654. The number of benzene rings is 1. The van der Waals surface area contributed by atoms with Crippen molar-refractivity contribution in [3.63, 3.8) is 0 Å². The number of nitrogens with one attached hydrogen (secondary N) is 1. The minimum atomic E-state index is -0.240. The summed E-state index contributed by atoms with van der Waals surface area (Å²) in [7, 11) is 0. The van der Waals surface area contributed by atoms with Gasteiger partial charge in [-0.05, 0) is 60.5 Å². The SMILES string of the molecule is O=C(CCCn1cnnn1)NCC(c1ccc(F)cc1)N1CCCC1. The van der Waals surface area contributed by atoms with E-state index in [0.717, 1.165) is 31.5 Å². The summed E-state index contributed by atoms with van der Waals surface area (Å²) in [6.45, 7) is 3.18. The Hall–Kier alpha value is -2.35. The van der Waals surface area contributed by atoms with E-state index in [2.05, 4.69) is 25.7 Å². The highest BCUT2D eigenvalue weighted by atomic mass is 19.1. The number of nitrogens with zero attached hydrogens (tertiary/aromatic N) is 5.